The van der Waals surface area contributed by atoms with Crippen molar-refractivity contribution in [3.8, 4) is 0 Å². The lowest BCUT2D eigenvalue weighted by Gasteiger charge is -2.06. The van der Waals surface area contributed by atoms with Crippen LogP contribution in [0.15, 0.2) is 0 Å². The molecule has 0 aliphatic carbocycles. The Hall–Kier alpha value is 0.177. The molecule has 0 saturated carbocycles. The van der Waals surface area contributed by atoms with Crippen LogP contribution in [0.1, 0.15) is 219 Å². The third kappa shape index (κ3) is 38.3. The van der Waals surface area contributed by atoms with Gasteiger partial charge in [0, 0.05) is 24.2 Å². The number of unbranched alkanes of at least 4 members (excludes halogenated alkanes) is 30. The van der Waals surface area contributed by atoms with Gasteiger partial charge in [0.1, 0.15) is 0 Å². The van der Waals surface area contributed by atoms with Gasteiger partial charge in [-0.05, 0) is 12.8 Å². The Morgan fingerprint density at radius 2 is 0.395 bits per heavy atom. The molecule has 0 atom stereocenters. The number of hydrogen-bond acceptors (Lipinski definition) is 1. The summed E-state index contributed by atoms with van der Waals surface area (Å²) in [6, 6.07) is 0. The first-order chi connectivity index (χ1) is 18.4. The molecule has 0 aliphatic rings. The molecule has 0 N–H and O–H groups in total. The zero-order valence-corrected chi connectivity index (χ0v) is 27.9. The predicted molar refractivity (Wildman–Crippen MR) is 176 cm³/mol. The van der Waals surface area contributed by atoms with Gasteiger partial charge >= 0.3 is 0 Å². The van der Waals surface area contributed by atoms with E-state index in [1.807, 2.05) is 0 Å². The van der Waals surface area contributed by atoms with Crippen LogP contribution in [-0.4, -0.2) is 24.2 Å². The number of hydrogen-bond donors (Lipinski definition) is 0. The third-order valence-electron chi connectivity index (χ3n) is 8.28. The van der Waals surface area contributed by atoms with E-state index >= 15 is 0 Å². The van der Waals surface area contributed by atoms with Gasteiger partial charge < -0.3 is 4.74 Å². The summed E-state index contributed by atoms with van der Waals surface area (Å²) in [4.78, 5) is 0. The zero-order chi connectivity index (χ0) is 26.7. The quantitative estimate of drug-likeness (QED) is 0.0571. The van der Waals surface area contributed by atoms with Crippen LogP contribution >= 0.6 is 0 Å². The van der Waals surface area contributed by atoms with Crippen LogP contribution in [-0.2, 0) is 4.74 Å². The molecule has 0 rings (SSSR count). The SMILES string of the molecule is CCCCCCCCCCCCCCCCCCOCCCCCCCCCCCCCCCCCC.[Si]. The van der Waals surface area contributed by atoms with Gasteiger partial charge in [0.25, 0.3) is 0 Å². The Labute approximate surface area is 247 Å². The normalized spacial score (nSPS) is 11.2. The molecule has 2 heteroatoms. The molecule has 0 fully saturated rings. The van der Waals surface area contributed by atoms with E-state index in [4.69, 9.17) is 4.74 Å². The molecular formula is C36H74OSi. The van der Waals surface area contributed by atoms with Crippen molar-refractivity contribution in [1.29, 1.82) is 0 Å². The fourth-order valence-electron chi connectivity index (χ4n) is 5.61. The molecule has 228 valence electrons. The van der Waals surface area contributed by atoms with E-state index in [-0.39, 0.29) is 11.0 Å². The number of rotatable bonds is 34. The molecule has 1 nitrogen and oxygen atoms in total. The average molecular weight is 551 g/mol. The highest BCUT2D eigenvalue weighted by molar-refractivity contribution is 5.75. The van der Waals surface area contributed by atoms with Gasteiger partial charge in [-0.1, -0.05) is 206 Å². The molecular weight excluding hydrogens is 476 g/mol. The van der Waals surface area contributed by atoms with E-state index in [1.54, 1.807) is 0 Å². The monoisotopic (exact) mass is 551 g/mol. The first-order valence-electron chi connectivity index (χ1n) is 18.0. The van der Waals surface area contributed by atoms with Crippen molar-refractivity contribution in [3.05, 3.63) is 0 Å². The Morgan fingerprint density at radius 3 is 0.579 bits per heavy atom. The molecule has 0 aromatic carbocycles. The maximum Gasteiger partial charge on any atom is 0.0466 e. The Balaban J connectivity index is 0. The molecule has 4 radical (unpaired) electrons. The molecule has 0 aromatic heterocycles. The Morgan fingerprint density at radius 1 is 0.237 bits per heavy atom. The van der Waals surface area contributed by atoms with Gasteiger partial charge in [-0.25, -0.2) is 0 Å². The van der Waals surface area contributed by atoms with Crippen molar-refractivity contribution in [3.63, 3.8) is 0 Å². The van der Waals surface area contributed by atoms with Crippen LogP contribution in [0.5, 0.6) is 0 Å². The Kier molecular flexibility index (Phi) is 41.7. The molecule has 0 unspecified atom stereocenters. The molecule has 0 aromatic rings. The van der Waals surface area contributed by atoms with Crippen molar-refractivity contribution in [2.45, 2.75) is 219 Å². The van der Waals surface area contributed by atoms with Gasteiger partial charge in [-0.15, -0.1) is 0 Å². The standard InChI is InChI=1S/C36H74O.Si/c1-3-5-7-9-11-13-15-17-19-21-23-25-27-29-31-33-35-37-36-34-32-30-28-26-24-22-20-18-16-14-12-10-8-6-4-2;/h3-36H2,1-2H3;. The minimum absolute atomic E-state index is 0. The van der Waals surface area contributed by atoms with Crippen molar-refractivity contribution in [1.82, 2.24) is 0 Å². The summed E-state index contributed by atoms with van der Waals surface area (Å²) in [7, 11) is 0. The second-order valence-corrected chi connectivity index (χ2v) is 12.2. The largest absolute Gasteiger partial charge is 0.381 e. The minimum Gasteiger partial charge on any atom is -0.381 e. The zero-order valence-electron chi connectivity index (χ0n) is 26.9. The summed E-state index contributed by atoms with van der Waals surface area (Å²) in [6.45, 7) is 6.60. The van der Waals surface area contributed by atoms with E-state index in [2.05, 4.69) is 13.8 Å². The number of ether oxygens (including phenoxy) is 1. The van der Waals surface area contributed by atoms with E-state index in [0.29, 0.717) is 0 Å². The van der Waals surface area contributed by atoms with Crippen molar-refractivity contribution in [2.24, 2.45) is 0 Å². The van der Waals surface area contributed by atoms with Gasteiger partial charge in [0.05, 0.1) is 0 Å². The minimum atomic E-state index is 0. The highest BCUT2D eigenvalue weighted by Crippen LogP contribution is 2.15. The van der Waals surface area contributed by atoms with Crippen LogP contribution in [0.3, 0.4) is 0 Å². The van der Waals surface area contributed by atoms with Crippen LogP contribution in [0, 0.1) is 0 Å². The lowest BCUT2D eigenvalue weighted by molar-refractivity contribution is 0.125. The molecule has 0 bridgehead atoms. The van der Waals surface area contributed by atoms with Crippen LogP contribution < -0.4 is 0 Å². The van der Waals surface area contributed by atoms with Crippen molar-refractivity contribution in [2.75, 3.05) is 13.2 Å². The highest BCUT2D eigenvalue weighted by Gasteiger charge is 1.97. The first-order valence-corrected chi connectivity index (χ1v) is 18.0. The fourth-order valence-corrected chi connectivity index (χ4v) is 5.61. The average Bonchev–Trinajstić information content (AvgIpc) is 2.91. The van der Waals surface area contributed by atoms with Gasteiger partial charge in [0.15, 0.2) is 0 Å². The van der Waals surface area contributed by atoms with E-state index < -0.39 is 0 Å². The Bertz CT molecular complexity index is 338. The van der Waals surface area contributed by atoms with Gasteiger partial charge in [0.2, 0.25) is 0 Å². The smallest absolute Gasteiger partial charge is 0.0466 e. The summed E-state index contributed by atoms with van der Waals surface area (Å²) < 4.78 is 5.87. The first kappa shape index (κ1) is 40.3. The molecule has 38 heavy (non-hydrogen) atoms. The predicted octanol–water partition coefficient (Wildman–Crippen LogP) is 13.1. The van der Waals surface area contributed by atoms with Crippen molar-refractivity contribution >= 4 is 11.0 Å². The summed E-state index contributed by atoms with van der Waals surface area (Å²) >= 11 is 0. The highest BCUT2D eigenvalue weighted by atomic mass is 28.1. The molecule has 0 aliphatic heterocycles. The van der Waals surface area contributed by atoms with E-state index in [1.165, 1.54) is 205 Å². The summed E-state index contributed by atoms with van der Waals surface area (Å²) in [5, 5.41) is 0. The van der Waals surface area contributed by atoms with Gasteiger partial charge in [-0.2, -0.15) is 0 Å². The van der Waals surface area contributed by atoms with Crippen LogP contribution in [0.4, 0.5) is 0 Å². The maximum absolute atomic E-state index is 5.87. The second-order valence-electron chi connectivity index (χ2n) is 12.2. The second kappa shape index (κ2) is 39.3. The molecule has 0 heterocycles. The summed E-state index contributed by atoms with van der Waals surface area (Å²) in [5.74, 6) is 0. The summed E-state index contributed by atoms with van der Waals surface area (Å²) in [6.07, 6.45) is 46.0. The van der Waals surface area contributed by atoms with Crippen LogP contribution in [0.25, 0.3) is 0 Å². The lowest BCUT2D eigenvalue weighted by Crippen LogP contribution is -1.97. The molecule has 0 spiro atoms. The third-order valence-corrected chi connectivity index (χ3v) is 8.28. The lowest BCUT2D eigenvalue weighted by atomic mass is 10.0. The molecule has 0 amide bonds. The van der Waals surface area contributed by atoms with Crippen LogP contribution in [0.2, 0.25) is 0 Å². The van der Waals surface area contributed by atoms with Crippen molar-refractivity contribution < 1.29 is 4.74 Å². The summed E-state index contributed by atoms with van der Waals surface area (Å²) in [5.41, 5.74) is 0. The van der Waals surface area contributed by atoms with Gasteiger partial charge in [-0.3, -0.25) is 0 Å². The fraction of sp³-hybridized carbons (Fsp3) is 1.00. The maximum atomic E-state index is 5.87. The topological polar surface area (TPSA) is 9.23 Å². The van der Waals surface area contributed by atoms with E-state index in [9.17, 15) is 0 Å². The molecule has 0 saturated heterocycles. The van der Waals surface area contributed by atoms with E-state index in [0.717, 1.165) is 13.2 Å².